The molecule has 0 aliphatic carbocycles. The van der Waals surface area contributed by atoms with E-state index in [0.717, 1.165) is 16.8 Å². The fraction of sp³-hybridized carbons (Fsp3) is 0.0714. The van der Waals surface area contributed by atoms with Gasteiger partial charge in [0.25, 0.3) is 5.89 Å². The van der Waals surface area contributed by atoms with Crippen LogP contribution in [0.4, 0.5) is 5.69 Å². The van der Waals surface area contributed by atoms with Gasteiger partial charge in [-0.15, -0.1) is 0 Å². The number of nitrogens with zero attached hydrogens (tertiary/aromatic N) is 3. The van der Waals surface area contributed by atoms with E-state index in [1.54, 1.807) is 12.4 Å². The molecule has 3 aromatic rings. The van der Waals surface area contributed by atoms with Crippen LogP contribution in [-0.2, 0) is 0 Å². The normalized spacial score (nSPS) is 10.4. The lowest BCUT2D eigenvalue weighted by Gasteiger charge is -2.03. The SMILES string of the molecule is CNc1ccccc1-c1nc(-c2ccncc2)no1. The van der Waals surface area contributed by atoms with E-state index in [0.29, 0.717) is 11.7 Å². The molecule has 0 fully saturated rings. The van der Waals surface area contributed by atoms with Crippen molar-refractivity contribution in [2.45, 2.75) is 0 Å². The number of rotatable bonds is 3. The van der Waals surface area contributed by atoms with Crippen LogP contribution < -0.4 is 5.32 Å². The first-order valence-electron chi connectivity index (χ1n) is 5.90. The molecule has 1 aromatic carbocycles. The number of aromatic nitrogens is 3. The molecule has 0 atom stereocenters. The van der Waals surface area contributed by atoms with Gasteiger partial charge in [0, 0.05) is 30.7 Å². The van der Waals surface area contributed by atoms with Gasteiger partial charge < -0.3 is 9.84 Å². The van der Waals surface area contributed by atoms with E-state index in [4.69, 9.17) is 4.52 Å². The predicted octanol–water partition coefficient (Wildman–Crippen LogP) is 2.84. The highest BCUT2D eigenvalue weighted by Gasteiger charge is 2.12. The van der Waals surface area contributed by atoms with E-state index in [2.05, 4.69) is 20.4 Å². The average Bonchev–Trinajstić information content (AvgIpc) is 2.98. The molecule has 0 bridgehead atoms. The van der Waals surface area contributed by atoms with Crippen LogP contribution in [-0.4, -0.2) is 22.2 Å². The molecule has 0 unspecified atom stereocenters. The molecule has 5 heteroatoms. The second-order valence-corrected chi connectivity index (χ2v) is 3.95. The highest BCUT2D eigenvalue weighted by Crippen LogP contribution is 2.27. The topological polar surface area (TPSA) is 63.8 Å². The van der Waals surface area contributed by atoms with Crippen LogP contribution in [0.1, 0.15) is 0 Å². The second-order valence-electron chi connectivity index (χ2n) is 3.95. The van der Waals surface area contributed by atoms with Crippen LogP contribution >= 0.6 is 0 Å². The molecule has 94 valence electrons. The molecule has 0 saturated carbocycles. The Bertz CT molecular complexity index is 679. The highest BCUT2D eigenvalue weighted by molar-refractivity contribution is 5.73. The first-order valence-corrected chi connectivity index (χ1v) is 5.90. The maximum absolute atomic E-state index is 5.33. The van der Waals surface area contributed by atoms with Crippen LogP contribution in [0.25, 0.3) is 22.8 Å². The van der Waals surface area contributed by atoms with Gasteiger partial charge in [0.2, 0.25) is 5.82 Å². The maximum atomic E-state index is 5.33. The van der Waals surface area contributed by atoms with Crippen LogP contribution in [0.15, 0.2) is 53.3 Å². The van der Waals surface area contributed by atoms with Gasteiger partial charge in [-0.05, 0) is 24.3 Å². The number of hydrogen-bond acceptors (Lipinski definition) is 5. The summed E-state index contributed by atoms with van der Waals surface area (Å²) in [5.41, 5.74) is 2.72. The molecule has 2 aromatic heterocycles. The largest absolute Gasteiger partial charge is 0.387 e. The van der Waals surface area contributed by atoms with Gasteiger partial charge in [0.05, 0.1) is 5.56 Å². The molecular formula is C14H12N4O. The van der Waals surface area contributed by atoms with Crippen molar-refractivity contribution in [3.8, 4) is 22.8 Å². The van der Waals surface area contributed by atoms with E-state index in [9.17, 15) is 0 Å². The van der Waals surface area contributed by atoms with E-state index < -0.39 is 0 Å². The summed E-state index contributed by atoms with van der Waals surface area (Å²) < 4.78 is 5.33. The molecule has 0 amide bonds. The van der Waals surface area contributed by atoms with Gasteiger partial charge >= 0.3 is 0 Å². The third kappa shape index (κ3) is 2.18. The first kappa shape index (κ1) is 11.4. The van der Waals surface area contributed by atoms with Gasteiger partial charge in [0.15, 0.2) is 0 Å². The summed E-state index contributed by atoms with van der Waals surface area (Å²) in [6.45, 7) is 0. The number of anilines is 1. The molecule has 5 nitrogen and oxygen atoms in total. The number of hydrogen-bond donors (Lipinski definition) is 1. The summed E-state index contributed by atoms with van der Waals surface area (Å²) >= 11 is 0. The lowest BCUT2D eigenvalue weighted by atomic mass is 10.2. The third-order valence-corrected chi connectivity index (χ3v) is 2.79. The van der Waals surface area contributed by atoms with Crippen molar-refractivity contribution in [3.63, 3.8) is 0 Å². The van der Waals surface area contributed by atoms with Crippen molar-refractivity contribution in [3.05, 3.63) is 48.8 Å². The molecule has 0 radical (unpaired) electrons. The van der Waals surface area contributed by atoms with Gasteiger partial charge in [-0.1, -0.05) is 17.3 Å². The predicted molar refractivity (Wildman–Crippen MR) is 72.5 cm³/mol. The number of para-hydroxylation sites is 1. The summed E-state index contributed by atoms with van der Waals surface area (Å²) in [7, 11) is 1.86. The Hall–Kier alpha value is -2.69. The van der Waals surface area contributed by atoms with Gasteiger partial charge in [0.1, 0.15) is 0 Å². The minimum Gasteiger partial charge on any atom is -0.387 e. The maximum Gasteiger partial charge on any atom is 0.260 e. The van der Waals surface area contributed by atoms with Crippen molar-refractivity contribution >= 4 is 5.69 Å². The Balaban J connectivity index is 2.02. The lowest BCUT2D eigenvalue weighted by Crippen LogP contribution is -1.91. The molecule has 1 N–H and O–H groups in total. The Morgan fingerprint density at radius 2 is 1.84 bits per heavy atom. The van der Waals surface area contributed by atoms with Gasteiger partial charge in [-0.3, -0.25) is 4.98 Å². The minimum atomic E-state index is 0.497. The van der Waals surface area contributed by atoms with Gasteiger partial charge in [-0.25, -0.2) is 0 Å². The van der Waals surface area contributed by atoms with Crippen molar-refractivity contribution in [2.75, 3.05) is 12.4 Å². The summed E-state index contributed by atoms with van der Waals surface area (Å²) in [5, 5.41) is 7.10. The zero-order chi connectivity index (χ0) is 13.1. The summed E-state index contributed by atoms with van der Waals surface area (Å²) in [4.78, 5) is 8.38. The van der Waals surface area contributed by atoms with Crippen LogP contribution in [0.2, 0.25) is 0 Å². The van der Waals surface area contributed by atoms with Gasteiger partial charge in [-0.2, -0.15) is 4.98 Å². The van der Waals surface area contributed by atoms with Crippen molar-refractivity contribution < 1.29 is 4.52 Å². The number of pyridine rings is 1. The smallest absolute Gasteiger partial charge is 0.260 e. The molecule has 2 heterocycles. The van der Waals surface area contributed by atoms with Crippen molar-refractivity contribution in [1.82, 2.24) is 15.1 Å². The van der Waals surface area contributed by atoms with Crippen LogP contribution in [0.5, 0.6) is 0 Å². The molecule has 0 aliphatic heterocycles. The first-order chi connectivity index (χ1) is 9.38. The average molecular weight is 252 g/mol. The fourth-order valence-electron chi connectivity index (χ4n) is 1.84. The Morgan fingerprint density at radius 3 is 2.63 bits per heavy atom. The van der Waals surface area contributed by atoms with E-state index in [1.807, 2.05) is 43.4 Å². The summed E-state index contributed by atoms with van der Waals surface area (Å²) in [6, 6.07) is 11.5. The highest BCUT2D eigenvalue weighted by atomic mass is 16.5. The fourth-order valence-corrected chi connectivity index (χ4v) is 1.84. The second kappa shape index (κ2) is 4.89. The van der Waals surface area contributed by atoms with Crippen molar-refractivity contribution in [1.29, 1.82) is 0 Å². The Kier molecular flexibility index (Phi) is 2.94. The number of nitrogens with one attached hydrogen (secondary N) is 1. The number of benzene rings is 1. The lowest BCUT2D eigenvalue weighted by molar-refractivity contribution is 0.432. The zero-order valence-electron chi connectivity index (χ0n) is 10.4. The molecule has 0 aliphatic rings. The summed E-state index contributed by atoms with van der Waals surface area (Å²) in [6.07, 6.45) is 3.40. The van der Waals surface area contributed by atoms with Crippen LogP contribution in [0, 0.1) is 0 Å². The van der Waals surface area contributed by atoms with E-state index >= 15 is 0 Å². The molecule has 3 rings (SSSR count). The minimum absolute atomic E-state index is 0.497. The molecular weight excluding hydrogens is 240 g/mol. The quantitative estimate of drug-likeness (QED) is 0.776. The standard InChI is InChI=1S/C14H12N4O/c1-15-12-5-3-2-4-11(12)14-17-13(18-19-14)10-6-8-16-9-7-10/h2-9,15H,1H3. The Morgan fingerprint density at radius 1 is 1.05 bits per heavy atom. The molecule has 19 heavy (non-hydrogen) atoms. The van der Waals surface area contributed by atoms with E-state index in [-0.39, 0.29) is 0 Å². The Labute approximate surface area is 110 Å². The molecule has 0 saturated heterocycles. The zero-order valence-corrected chi connectivity index (χ0v) is 10.4. The monoisotopic (exact) mass is 252 g/mol. The third-order valence-electron chi connectivity index (χ3n) is 2.79. The van der Waals surface area contributed by atoms with Crippen LogP contribution in [0.3, 0.4) is 0 Å². The summed E-state index contributed by atoms with van der Waals surface area (Å²) in [5.74, 6) is 1.06. The van der Waals surface area contributed by atoms with E-state index in [1.165, 1.54) is 0 Å². The van der Waals surface area contributed by atoms with Crippen molar-refractivity contribution in [2.24, 2.45) is 0 Å². The molecule has 0 spiro atoms.